The van der Waals surface area contributed by atoms with Gasteiger partial charge in [-0.3, -0.25) is 0 Å². The second-order valence-corrected chi connectivity index (χ2v) is 6.00. The summed E-state index contributed by atoms with van der Waals surface area (Å²) in [6.45, 7) is 6.05. The summed E-state index contributed by atoms with van der Waals surface area (Å²) in [6.07, 6.45) is -4.08. The minimum Gasteiger partial charge on any atom is -0.388 e. The Labute approximate surface area is 124 Å². The van der Waals surface area contributed by atoms with Gasteiger partial charge in [-0.25, -0.2) is 0 Å². The number of aromatic nitrogens is 4. The number of alkyl halides is 3. The number of hydrogen-bond acceptors (Lipinski definition) is 5. The highest BCUT2D eigenvalue weighted by Crippen LogP contribution is 2.32. The number of β-amino-alcohol motifs (C(OH)–C–C–N with tert-alkyl or cyclic N) is 1. The minimum absolute atomic E-state index is 0.0968. The van der Waals surface area contributed by atoms with Gasteiger partial charge in [-0.1, -0.05) is 0 Å². The molecule has 2 aromatic rings. The zero-order chi connectivity index (χ0) is 16.3. The van der Waals surface area contributed by atoms with Gasteiger partial charge in [0.2, 0.25) is 0 Å². The Bertz CT molecular complexity index is 737. The summed E-state index contributed by atoms with van der Waals surface area (Å²) in [4.78, 5) is 1.79. The lowest BCUT2D eigenvalue weighted by Gasteiger charge is -2.22. The highest BCUT2D eigenvalue weighted by atomic mass is 19.4. The minimum atomic E-state index is -4.62. The van der Waals surface area contributed by atoms with Crippen molar-refractivity contribution >= 4 is 11.5 Å². The number of rotatable bonds is 1. The second kappa shape index (κ2) is 4.55. The number of anilines is 1. The number of halogens is 3. The molecule has 0 aromatic carbocycles. The van der Waals surface area contributed by atoms with Crippen molar-refractivity contribution in [2.45, 2.75) is 39.0 Å². The first-order valence-electron chi connectivity index (χ1n) is 6.87. The third kappa shape index (κ3) is 2.29. The molecule has 3 heterocycles. The van der Waals surface area contributed by atoms with E-state index in [2.05, 4.69) is 15.3 Å². The van der Waals surface area contributed by atoms with Crippen LogP contribution in [0.4, 0.5) is 19.0 Å². The fraction of sp³-hybridized carbons (Fsp3) is 0.615. The molecule has 22 heavy (non-hydrogen) atoms. The molecule has 0 bridgehead atoms. The van der Waals surface area contributed by atoms with Crippen molar-refractivity contribution in [1.82, 2.24) is 19.8 Å². The first-order valence-corrected chi connectivity index (χ1v) is 6.87. The van der Waals surface area contributed by atoms with E-state index < -0.39 is 17.6 Å². The molecule has 6 nitrogen and oxygen atoms in total. The van der Waals surface area contributed by atoms with Gasteiger partial charge in [0.1, 0.15) is 0 Å². The van der Waals surface area contributed by atoms with Crippen molar-refractivity contribution in [3.8, 4) is 0 Å². The third-order valence-electron chi connectivity index (χ3n) is 4.07. The maximum absolute atomic E-state index is 13.0. The normalized spacial score (nSPS) is 22.8. The van der Waals surface area contributed by atoms with Gasteiger partial charge in [0.15, 0.2) is 11.5 Å². The van der Waals surface area contributed by atoms with Crippen molar-refractivity contribution in [3.05, 3.63) is 17.0 Å². The van der Waals surface area contributed by atoms with Gasteiger partial charge in [0.25, 0.3) is 5.82 Å². The number of aliphatic hydroxyl groups is 1. The Morgan fingerprint density at radius 1 is 1.18 bits per heavy atom. The molecule has 1 unspecified atom stereocenters. The van der Waals surface area contributed by atoms with E-state index in [0.29, 0.717) is 30.9 Å². The summed E-state index contributed by atoms with van der Waals surface area (Å²) in [5.41, 5.74) is 0.571. The maximum Gasteiger partial charge on any atom is 0.453 e. The van der Waals surface area contributed by atoms with Gasteiger partial charge in [-0.15, -0.1) is 15.3 Å². The third-order valence-corrected chi connectivity index (χ3v) is 4.07. The van der Waals surface area contributed by atoms with E-state index in [1.807, 2.05) is 0 Å². The van der Waals surface area contributed by atoms with E-state index in [9.17, 15) is 18.3 Å². The number of nitrogens with zero attached hydrogens (tertiary/aromatic N) is 5. The zero-order valence-electron chi connectivity index (χ0n) is 12.4. The molecule has 2 aromatic heterocycles. The van der Waals surface area contributed by atoms with Gasteiger partial charge in [0.05, 0.1) is 5.60 Å². The number of fused-ring (bicyclic) bond motifs is 1. The Morgan fingerprint density at radius 3 is 2.41 bits per heavy atom. The molecule has 1 atom stereocenters. The van der Waals surface area contributed by atoms with Crippen LogP contribution in [-0.2, 0) is 6.18 Å². The highest BCUT2D eigenvalue weighted by molar-refractivity contribution is 5.59. The van der Waals surface area contributed by atoms with Crippen molar-refractivity contribution in [3.63, 3.8) is 0 Å². The molecule has 3 rings (SSSR count). The zero-order valence-corrected chi connectivity index (χ0v) is 12.4. The molecule has 1 aliphatic heterocycles. The van der Waals surface area contributed by atoms with Gasteiger partial charge in [-0.05, 0) is 27.2 Å². The molecule has 0 saturated carbocycles. The van der Waals surface area contributed by atoms with Gasteiger partial charge >= 0.3 is 6.18 Å². The van der Waals surface area contributed by atoms with Crippen molar-refractivity contribution in [2.24, 2.45) is 0 Å². The summed E-state index contributed by atoms with van der Waals surface area (Å²) in [7, 11) is 0. The standard InChI is InChI=1S/C13H16F3N5O/c1-7-8(2)10(20-5-4-12(3,22)6-20)19-21-9(7)17-18-11(21)13(14,15)16/h22H,4-6H2,1-3H3. The Hall–Kier alpha value is -1.90. The lowest BCUT2D eigenvalue weighted by Crippen LogP contribution is -2.31. The van der Waals surface area contributed by atoms with Crippen LogP contribution in [-0.4, -0.2) is 43.6 Å². The predicted molar refractivity (Wildman–Crippen MR) is 72.7 cm³/mol. The molecule has 0 spiro atoms. The molecular formula is C13H16F3N5O. The summed E-state index contributed by atoms with van der Waals surface area (Å²) in [5.74, 6) is -0.717. The van der Waals surface area contributed by atoms with Crippen LogP contribution in [0, 0.1) is 13.8 Å². The average molecular weight is 315 g/mol. The van der Waals surface area contributed by atoms with Crippen LogP contribution >= 0.6 is 0 Å². The summed E-state index contributed by atoms with van der Waals surface area (Å²) in [6, 6.07) is 0. The summed E-state index contributed by atoms with van der Waals surface area (Å²) in [5, 5.41) is 21.0. The molecule has 1 fully saturated rings. The Morgan fingerprint density at radius 2 is 1.86 bits per heavy atom. The van der Waals surface area contributed by atoms with Crippen LogP contribution in [0.1, 0.15) is 30.3 Å². The van der Waals surface area contributed by atoms with Crippen molar-refractivity contribution in [1.29, 1.82) is 0 Å². The molecule has 1 N–H and O–H groups in total. The van der Waals surface area contributed by atoms with Crippen LogP contribution in [0.2, 0.25) is 0 Å². The van der Waals surface area contributed by atoms with Crippen LogP contribution in [0.15, 0.2) is 0 Å². The first kappa shape index (κ1) is 15.0. The van der Waals surface area contributed by atoms with Gasteiger partial charge in [0, 0.05) is 24.2 Å². The Kier molecular flexibility index (Phi) is 3.10. The highest BCUT2D eigenvalue weighted by Gasteiger charge is 2.39. The number of aryl methyl sites for hydroxylation is 1. The topological polar surface area (TPSA) is 66.5 Å². The van der Waals surface area contributed by atoms with Crippen molar-refractivity contribution in [2.75, 3.05) is 18.0 Å². The maximum atomic E-state index is 13.0. The van der Waals surface area contributed by atoms with E-state index in [4.69, 9.17) is 0 Å². The lowest BCUT2D eigenvalue weighted by atomic mass is 10.1. The second-order valence-electron chi connectivity index (χ2n) is 6.00. The van der Waals surface area contributed by atoms with Crippen LogP contribution in [0.3, 0.4) is 0 Å². The van der Waals surface area contributed by atoms with E-state index in [1.54, 1.807) is 25.7 Å². The lowest BCUT2D eigenvalue weighted by molar-refractivity contribution is -0.146. The van der Waals surface area contributed by atoms with E-state index in [1.165, 1.54) is 0 Å². The van der Waals surface area contributed by atoms with E-state index in [-0.39, 0.29) is 5.65 Å². The fourth-order valence-corrected chi connectivity index (χ4v) is 2.72. The smallest absolute Gasteiger partial charge is 0.388 e. The molecular weight excluding hydrogens is 299 g/mol. The van der Waals surface area contributed by atoms with Crippen LogP contribution < -0.4 is 4.90 Å². The monoisotopic (exact) mass is 315 g/mol. The molecule has 0 amide bonds. The molecule has 0 radical (unpaired) electrons. The Balaban J connectivity index is 2.17. The molecule has 120 valence electrons. The largest absolute Gasteiger partial charge is 0.453 e. The quantitative estimate of drug-likeness (QED) is 0.868. The van der Waals surface area contributed by atoms with Crippen molar-refractivity contribution < 1.29 is 18.3 Å². The van der Waals surface area contributed by atoms with Crippen LogP contribution in [0.25, 0.3) is 5.65 Å². The summed E-state index contributed by atoms with van der Waals surface area (Å²) >= 11 is 0. The molecule has 1 aliphatic rings. The SMILES string of the molecule is Cc1c(N2CCC(C)(O)C2)nn2c(C(F)(F)F)nnc2c1C. The van der Waals surface area contributed by atoms with E-state index >= 15 is 0 Å². The van der Waals surface area contributed by atoms with Gasteiger partial charge < -0.3 is 10.0 Å². The van der Waals surface area contributed by atoms with Gasteiger partial charge in [-0.2, -0.15) is 17.7 Å². The number of hydrogen-bond donors (Lipinski definition) is 1. The molecule has 0 aliphatic carbocycles. The fourth-order valence-electron chi connectivity index (χ4n) is 2.72. The molecule has 1 saturated heterocycles. The first-order chi connectivity index (χ1) is 10.1. The molecule has 9 heteroatoms. The van der Waals surface area contributed by atoms with E-state index in [0.717, 1.165) is 10.1 Å². The predicted octanol–water partition coefficient (Wildman–Crippen LogP) is 1.72. The summed E-state index contributed by atoms with van der Waals surface area (Å²) < 4.78 is 39.7. The van der Waals surface area contributed by atoms with Crippen LogP contribution in [0.5, 0.6) is 0 Å². The average Bonchev–Trinajstić information content (AvgIpc) is 2.96.